The predicted octanol–water partition coefficient (Wildman–Crippen LogP) is 1.55. The van der Waals surface area contributed by atoms with E-state index in [1.807, 2.05) is 31.3 Å². The van der Waals surface area contributed by atoms with Crippen molar-refractivity contribution in [3.63, 3.8) is 0 Å². The van der Waals surface area contributed by atoms with Gasteiger partial charge in [-0.3, -0.25) is 9.69 Å². The number of nitrogens with zero attached hydrogens (tertiary/aromatic N) is 5. The number of alkyl halides is 3. The van der Waals surface area contributed by atoms with Crippen molar-refractivity contribution in [3.05, 3.63) is 18.0 Å². The van der Waals surface area contributed by atoms with Gasteiger partial charge in [-0.2, -0.15) is 13.2 Å². The number of hydrogen-bond donors (Lipinski definition) is 1. The van der Waals surface area contributed by atoms with E-state index in [9.17, 15) is 18.0 Å². The highest BCUT2D eigenvalue weighted by atomic mass is 19.4. The fourth-order valence-corrected chi connectivity index (χ4v) is 3.69. The predicted molar refractivity (Wildman–Crippen MR) is 99.5 cm³/mol. The summed E-state index contributed by atoms with van der Waals surface area (Å²) in [4.78, 5) is 37.0. The smallest absolute Gasteiger partial charge is 0.475 e. The average Bonchev–Trinajstić information content (AvgIpc) is 2.67. The molecule has 1 spiro atoms. The summed E-state index contributed by atoms with van der Waals surface area (Å²) in [6, 6.07) is 0. The Kier molecular flexibility index (Phi) is 7.04. The standard InChI is InChI=1S/C16H25N5O.C2HF3O2/c1-4-21-10-9-19(3)14(22)16(21)5-7-20(8-6-16)15-17-11-13(2)12-18-15;3-2(4,5)1(6)7/h11-12H,4-10H2,1-3H3;(H,6,7). The lowest BCUT2D eigenvalue weighted by atomic mass is 9.82. The van der Waals surface area contributed by atoms with Gasteiger partial charge in [-0.05, 0) is 31.9 Å². The molecule has 1 aromatic heterocycles. The van der Waals surface area contributed by atoms with Gasteiger partial charge in [0, 0.05) is 45.6 Å². The van der Waals surface area contributed by atoms with E-state index in [-0.39, 0.29) is 11.4 Å². The van der Waals surface area contributed by atoms with Gasteiger partial charge in [-0.1, -0.05) is 6.92 Å². The van der Waals surface area contributed by atoms with Crippen LogP contribution in [-0.2, 0) is 9.59 Å². The quantitative estimate of drug-likeness (QED) is 0.781. The maximum atomic E-state index is 12.8. The fraction of sp³-hybridized carbons (Fsp3) is 0.667. The number of carbonyl (C=O) groups excluding carboxylic acids is 1. The zero-order valence-corrected chi connectivity index (χ0v) is 16.7. The van der Waals surface area contributed by atoms with Crippen molar-refractivity contribution < 1.29 is 27.9 Å². The van der Waals surface area contributed by atoms with E-state index < -0.39 is 12.1 Å². The highest BCUT2D eigenvalue weighted by molar-refractivity contribution is 5.87. The third-order valence-electron chi connectivity index (χ3n) is 5.32. The third-order valence-corrected chi connectivity index (χ3v) is 5.32. The zero-order chi connectivity index (χ0) is 21.8. The Labute approximate surface area is 167 Å². The Hall–Kier alpha value is -2.43. The van der Waals surface area contributed by atoms with E-state index >= 15 is 0 Å². The maximum absolute atomic E-state index is 12.8. The largest absolute Gasteiger partial charge is 0.490 e. The van der Waals surface area contributed by atoms with Crippen LogP contribution >= 0.6 is 0 Å². The van der Waals surface area contributed by atoms with Crippen LogP contribution < -0.4 is 4.90 Å². The number of carboxylic acids is 1. The molecule has 0 aromatic carbocycles. The zero-order valence-electron chi connectivity index (χ0n) is 16.7. The molecule has 0 aliphatic carbocycles. The number of aliphatic carboxylic acids is 1. The molecule has 0 atom stereocenters. The molecule has 162 valence electrons. The van der Waals surface area contributed by atoms with Crippen LogP contribution in [0.1, 0.15) is 25.3 Å². The van der Waals surface area contributed by atoms with Crippen LogP contribution in [0.4, 0.5) is 19.1 Å². The molecule has 11 heteroatoms. The molecular formula is C18H26F3N5O3. The molecule has 2 saturated heterocycles. The number of carboxylic acid groups (broad SMARTS) is 1. The van der Waals surface area contributed by atoms with E-state index in [0.29, 0.717) is 0 Å². The lowest BCUT2D eigenvalue weighted by molar-refractivity contribution is -0.192. The summed E-state index contributed by atoms with van der Waals surface area (Å²) in [5, 5.41) is 7.12. The van der Waals surface area contributed by atoms with Crippen molar-refractivity contribution in [2.75, 3.05) is 44.7 Å². The normalized spacial score (nSPS) is 19.7. The molecule has 3 heterocycles. The van der Waals surface area contributed by atoms with Gasteiger partial charge in [0.15, 0.2) is 0 Å². The van der Waals surface area contributed by atoms with Gasteiger partial charge >= 0.3 is 12.1 Å². The first-order valence-electron chi connectivity index (χ1n) is 9.35. The molecule has 3 rings (SSSR count). The van der Waals surface area contributed by atoms with E-state index in [1.54, 1.807) is 0 Å². The summed E-state index contributed by atoms with van der Waals surface area (Å²) in [5.41, 5.74) is 0.752. The van der Waals surface area contributed by atoms with Crippen molar-refractivity contribution in [2.45, 2.75) is 38.4 Å². The number of aryl methyl sites for hydroxylation is 1. The van der Waals surface area contributed by atoms with Crippen LogP contribution in [0.3, 0.4) is 0 Å². The van der Waals surface area contributed by atoms with E-state index in [4.69, 9.17) is 9.90 Å². The van der Waals surface area contributed by atoms with Gasteiger partial charge in [0.1, 0.15) is 5.54 Å². The van der Waals surface area contributed by atoms with Gasteiger partial charge in [0.25, 0.3) is 0 Å². The molecule has 0 radical (unpaired) electrons. The maximum Gasteiger partial charge on any atom is 0.490 e. The first-order valence-corrected chi connectivity index (χ1v) is 9.35. The molecule has 0 saturated carbocycles. The van der Waals surface area contributed by atoms with Crippen LogP contribution in [0.15, 0.2) is 12.4 Å². The van der Waals surface area contributed by atoms with E-state index in [0.717, 1.165) is 57.1 Å². The van der Waals surface area contributed by atoms with Gasteiger partial charge in [-0.25, -0.2) is 14.8 Å². The van der Waals surface area contributed by atoms with Crippen LogP contribution in [0.5, 0.6) is 0 Å². The molecule has 2 fully saturated rings. The van der Waals surface area contributed by atoms with E-state index in [2.05, 4.69) is 26.7 Å². The Morgan fingerprint density at radius 3 is 2.14 bits per heavy atom. The number of piperazine rings is 1. The Bertz CT molecular complexity index is 718. The summed E-state index contributed by atoms with van der Waals surface area (Å²) in [7, 11) is 1.92. The number of aromatic nitrogens is 2. The third kappa shape index (κ3) is 5.14. The molecule has 8 nitrogen and oxygen atoms in total. The molecule has 29 heavy (non-hydrogen) atoms. The molecule has 1 aromatic rings. The lowest BCUT2D eigenvalue weighted by Gasteiger charge is -2.52. The van der Waals surface area contributed by atoms with E-state index in [1.165, 1.54) is 0 Å². The van der Waals surface area contributed by atoms with Crippen molar-refractivity contribution in [2.24, 2.45) is 0 Å². The van der Waals surface area contributed by atoms with Crippen molar-refractivity contribution >= 4 is 17.8 Å². The molecule has 0 bridgehead atoms. The Morgan fingerprint density at radius 2 is 1.69 bits per heavy atom. The number of anilines is 1. The minimum atomic E-state index is -5.08. The van der Waals surface area contributed by atoms with Crippen molar-refractivity contribution in [1.82, 2.24) is 19.8 Å². The summed E-state index contributed by atoms with van der Waals surface area (Å²) in [5.74, 6) is -1.70. The highest BCUT2D eigenvalue weighted by Crippen LogP contribution is 2.34. The molecule has 2 aliphatic heterocycles. The summed E-state index contributed by atoms with van der Waals surface area (Å²) >= 11 is 0. The first-order chi connectivity index (χ1) is 13.5. The molecule has 2 aliphatic rings. The molecule has 1 amide bonds. The van der Waals surface area contributed by atoms with Crippen molar-refractivity contribution in [3.8, 4) is 0 Å². The summed E-state index contributed by atoms with van der Waals surface area (Å²) in [6.45, 7) is 8.54. The first kappa shape index (κ1) is 22.9. The average molecular weight is 417 g/mol. The minimum Gasteiger partial charge on any atom is -0.475 e. The second-order valence-corrected chi connectivity index (χ2v) is 7.19. The molecular weight excluding hydrogens is 391 g/mol. The Morgan fingerprint density at radius 1 is 1.17 bits per heavy atom. The number of hydrogen-bond acceptors (Lipinski definition) is 6. The van der Waals surface area contributed by atoms with Gasteiger partial charge in [0.2, 0.25) is 11.9 Å². The van der Waals surface area contributed by atoms with Crippen LogP contribution in [0.2, 0.25) is 0 Å². The number of likely N-dealkylation sites (N-methyl/N-ethyl adjacent to an activating group) is 2. The van der Waals surface area contributed by atoms with Crippen LogP contribution in [-0.4, -0.2) is 88.2 Å². The van der Waals surface area contributed by atoms with Crippen LogP contribution in [0, 0.1) is 6.92 Å². The summed E-state index contributed by atoms with van der Waals surface area (Å²) < 4.78 is 31.7. The highest BCUT2D eigenvalue weighted by Gasteiger charge is 2.49. The van der Waals surface area contributed by atoms with Crippen molar-refractivity contribution in [1.29, 1.82) is 0 Å². The van der Waals surface area contributed by atoms with Gasteiger partial charge in [0.05, 0.1) is 0 Å². The minimum absolute atomic E-state index is 0.282. The SMILES string of the molecule is CCN1CCN(C)C(=O)C12CCN(c1ncc(C)cn1)CC2.O=C(O)C(F)(F)F. The fourth-order valence-electron chi connectivity index (χ4n) is 3.69. The second kappa shape index (κ2) is 8.93. The molecule has 0 unspecified atom stereocenters. The van der Waals surface area contributed by atoms with Gasteiger partial charge in [-0.15, -0.1) is 0 Å². The number of carbonyl (C=O) groups is 2. The number of piperidine rings is 1. The van der Waals surface area contributed by atoms with Crippen LogP contribution in [0.25, 0.3) is 0 Å². The number of halogens is 3. The topological polar surface area (TPSA) is 89.9 Å². The Balaban J connectivity index is 0.000000370. The monoisotopic (exact) mass is 417 g/mol. The number of rotatable bonds is 2. The number of amides is 1. The second-order valence-electron chi connectivity index (χ2n) is 7.19. The van der Waals surface area contributed by atoms with Gasteiger partial charge < -0.3 is 14.9 Å². The molecule has 1 N–H and O–H groups in total. The summed E-state index contributed by atoms with van der Waals surface area (Å²) in [6.07, 6.45) is 0.317. The lowest BCUT2D eigenvalue weighted by Crippen LogP contribution is -2.68.